The fourth-order valence-electron chi connectivity index (χ4n) is 2.31. The first-order valence-corrected chi connectivity index (χ1v) is 6.14. The van der Waals surface area contributed by atoms with Crippen LogP contribution in [0.25, 0.3) is 0 Å². The van der Waals surface area contributed by atoms with Gasteiger partial charge in [-0.05, 0) is 29.7 Å². The van der Waals surface area contributed by atoms with E-state index in [-0.39, 0.29) is 0 Å². The highest BCUT2D eigenvalue weighted by Gasteiger charge is 2.26. The third-order valence-corrected chi connectivity index (χ3v) is 4.07. The maximum Gasteiger partial charge on any atom is 0.338 e. The molecule has 1 fully saturated rings. The zero-order valence-electron chi connectivity index (χ0n) is 8.75. The minimum absolute atomic E-state index is 0.467. The van der Waals surface area contributed by atoms with Crippen LogP contribution < -0.4 is 5.32 Å². The number of thiophene rings is 1. The standard InChI is InChI=1S/C11H15NO2S/c1-12-10-9(11(13)14)8(6-15-10)7-4-2-3-5-7/h6-7,12H,2-5H2,1H3,(H,13,14). The first-order valence-electron chi connectivity index (χ1n) is 5.26. The second-order valence-electron chi connectivity index (χ2n) is 3.93. The van der Waals surface area contributed by atoms with Gasteiger partial charge in [-0.3, -0.25) is 0 Å². The first-order chi connectivity index (χ1) is 7.24. The van der Waals surface area contributed by atoms with Gasteiger partial charge in [0.25, 0.3) is 0 Å². The Kier molecular flexibility index (Phi) is 2.95. The fourth-order valence-corrected chi connectivity index (χ4v) is 3.31. The van der Waals surface area contributed by atoms with E-state index in [0.29, 0.717) is 11.5 Å². The third kappa shape index (κ3) is 1.86. The summed E-state index contributed by atoms with van der Waals surface area (Å²) in [5.74, 6) is -0.336. The molecule has 1 aliphatic rings. The van der Waals surface area contributed by atoms with Crippen molar-refractivity contribution in [3.8, 4) is 0 Å². The number of carboxylic acids is 1. The summed E-state index contributed by atoms with van der Waals surface area (Å²) in [6, 6.07) is 0. The van der Waals surface area contributed by atoms with Crippen molar-refractivity contribution in [1.29, 1.82) is 0 Å². The number of rotatable bonds is 3. The molecule has 4 heteroatoms. The summed E-state index contributed by atoms with van der Waals surface area (Å²) in [6.07, 6.45) is 4.74. The Bertz CT molecular complexity index is 367. The quantitative estimate of drug-likeness (QED) is 0.830. The molecule has 0 aromatic carbocycles. The Balaban J connectivity index is 2.37. The fraction of sp³-hybridized carbons (Fsp3) is 0.545. The van der Waals surface area contributed by atoms with E-state index in [2.05, 4.69) is 5.32 Å². The molecule has 1 heterocycles. The van der Waals surface area contributed by atoms with E-state index >= 15 is 0 Å². The third-order valence-electron chi connectivity index (χ3n) is 3.06. The number of carbonyl (C=O) groups is 1. The molecule has 1 aliphatic carbocycles. The van der Waals surface area contributed by atoms with E-state index in [1.807, 2.05) is 5.38 Å². The molecular weight excluding hydrogens is 210 g/mol. The predicted molar refractivity (Wildman–Crippen MR) is 62.0 cm³/mol. The molecule has 2 N–H and O–H groups in total. The summed E-state index contributed by atoms with van der Waals surface area (Å²) in [4.78, 5) is 11.2. The van der Waals surface area contributed by atoms with Gasteiger partial charge in [-0.1, -0.05) is 12.8 Å². The molecule has 0 bridgehead atoms. The maximum atomic E-state index is 11.2. The predicted octanol–water partition coefficient (Wildman–Crippen LogP) is 3.15. The van der Waals surface area contributed by atoms with Gasteiger partial charge in [0.1, 0.15) is 5.00 Å². The van der Waals surface area contributed by atoms with Crippen LogP contribution in [-0.4, -0.2) is 18.1 Å². The van der Waals surface area contributed by atoms with Gasteiger partial charge in [0.05, 0.1) is 5.56 Å². The molecule has 0 atom stereocenters. The van der Waals surface area contributed by atoms with Crippen LogP contribution in [0.4, 0.5) is 5.00 Å². The smallest absolute Gasteiger partial charge is 0.338 e. The Morgan fingerprint density at radius 2 is 2.20 bits per heavy atom. The van der Waals surface area contributed by atoms with Crippen molar-refractivity contribution < 1.29 is 9.90 Å². The summed E-state index contributed by atoms with van der Waals surface area (Å²) in [5, 5.41) is 14.9. The van der Waals surface area contributed by atoms with Crippen LogP contribution in [0.3, 0.4) is 0 Å². The molecule has 0 aliphatic heterocycles. The molecule has 1 aromatic rings. The second kappa shape index (κ2) is 4.23. The largest absolute Gasteiger partial charge is 0.478 e. The Labute approximate surface area is 93.1 Å². The summed E-state index contributed by atoms with van der Waals surface area (Å²) >= 11 is 1.50. The van der Waals surface area contributed by atoms with E-state index in [0.717, 1.165) is 23.4 Å². The molecule has 15 heavy (non-hydrogen) atoms. The Morgan fingerprint density at radius 3 is 2.73 bits per heavy atom. The molecule has 0 radical (unpaired) electrons. The van der Waals surface area contributed by atoms with Gasteiger partial charge in [0.2, 0.25) is 0 Å². The van der Waals surface area contributed by atoms with Gasteiger partial charge in [-0.25, -0.2) is 4.79 Å². The number of nitrogens with one attached hydrogen (secondary N) is 1. The molecule has 1 saturated carbocycles. The molecular formula is C11H15NO2S. The summed E-state index contributed by atoms with van der Waals surface area (Å²) in [5.41, 5.74) is 1.53. The summed E-state index contributed by atoms with van der Waals surface area (Å²) < 4.78 is 0. The lowest BCUT2D eigenvalue weighted by molar-refractivity contribution is 0.0697. The minimum Gasteiger partial charge on any atom is -0.478 e. The number of hydrogen-bond acceptors (Lipinski definition) is 3. The van der Waals surface area contributed by atoms with Crippen molar-refractivity contribution in [1.82, 2.24) is 0 Å². The second-order valence-corrected chi connectivity index (χ2v) is 4.81. The molecule has 2 rings (SSSR count). The molecule has 1 aromatic heterocycles. The van der Waals surface area contributed by atoms with Crippen molar-refractivity contribution in [2.24, 2.45) is 0 Å². The van der Waals surface area contributed by atoms with Crippen molar-refractivity contribution in [2.45, 2.75) is 31.6 Å². The van der Waals surface area contributed by atoms with Gasteiger partial charge in [-0.15, -0.1) is 11.3 Å². The highest BCUT2D eigenvalue weighted by Crippen LogP contribution is 2.40. The highest BCUT2D eigenvalue weighted by molar-refractivity contribution is 7.14. The number of carboxylic acid groups (broad SMARTS) is 1. The molecule has 3 nitrogen and oxygen atoms in total. The van der Waals surface area contributed by atoms with Crippen LogP contribution in [0.15, 0.2) is 5.38 Å². The number of hydrogen-bond donors (Lipinski definition) is 2. The normalized spacial score (nSPS) is 16.9. The lowest BCUT2D eigenvalue weighted by Crippen LogP contribution is -2.05. The van der Waals surface area contributed by atoms with Gasteiger partial charge in [0, 0.05) is 7.05 Å². The van der Waals surface area contributed by atoms with E-state index in [4.69, 9.17) is 0 Å². The average Bonchev–Trinajstić information content (AvgIpc) is 2.85. The van der Waals surface area contributed by atoms with Crippen LogP contribution in [0.1, 0.15) is 47.5 Å². The van der Waals surface area contributed by atoms with Gasteiger partial charge in [-0.2, -0.15) is 0 Å². The van der Waals surface area contributed by atoms with Crippen LogP contribution in [-0.2, 0) is 0 Å². The van der Waals surface area contributed by atoms with E-state index in [1.165, 1.54) is 24.2 Å². The Hall–Kier alpha value is -1.03. The topological polar surface area (TPSA) is 49.3 Å². The molecule has 0 spiro atoms. The minimum atomic E-state index is -0.803. The van der Waals surface area contributed by atoms with Crippen molar-refractivity contribution in [2.75, 3.05) is 12.4 Å². The molecule has 0 unspecified atom stereocenters. The van der Waals surface area contributed by atoms with Crippen LogP contribution in [0, 0.1) is 0 Å². The highest BCUT2D eigenvalue weighted by atomic mass is 32.1. The van der Waals surface area contributed by atoms with Crippen molar-refractivity contribution in [3.63, 3.8) is 0 Å². The maximum absolute atomic E-state index is 11.2. The van der Waals surface area contributed by atoms with Crippen molar-refractivity contribution in [3.05, 3.63) is 16.5 Å². The number of anilines is 1. The number of aromatic carboxylic acids is 1. The van der Waals surface area contributed by atoms with Crippen LogP contribution >= 0.6 is 11.3 Å². The Morgan fingerprint density at radius 1 is 1.53 bits per heavy atom. The van der Waals surface area contributed by atoms with E-state index in [1.54, 1.807) is 7.05 Å². The zero-order chi connectivity index (χ0) is 10.8. The lowest BCUT2D eigenvalue weighted by Gasteiger charge is -2.09. The molecule has 82 valence electrons. The van der Waals surface area contributed by atoms with E-state index < -0.39 is 5.97 Å². The first kappa shape index (κ1) is 10.5. The van der Waals surface area contributed by atoms with Gasteiger partial charge >= 0.3 is 5.97 Å². The van der Waals surface area contributed by atoms with Gasteiger partial charge in [0.15, 0.2) is 0 Å². The average molecular weight is 225 g/mol. The van der Waals surface area contributed by atoms with Crippen LogP contribution in [0.5, 0.6) is 0 Å². The lowest BCUT2D eigenvalue weighted by atomic mass is 9.96. The van der Waals surface area contributed by atoms with E-state index in [9.17, 15) is 9.90 Å². The zero-order valence-corrected chi connectivity index (χ0v) is 9.56. The summed E-state index contributed by atoms with van der Waals surface area (Å²) in [7, 11) is 1.77. The molecule has 0 amide bonds. The van der Waals surface area contributed by atoms with Gasteiger partial charge < -0.3 is 10.4 Å². The van der Waals surface area contributed by atoms with Crippen LogP contribution in [0.2, 0.25) is 0 Å². The summed E-state index contributed by atoms with van der Waals surface area (Å²) in [6.45, 7) is 0. The molecule has 0 saturated heterocycles. The van der Waals surface area contributed by atoms with Crippen molar-refractivity contribution >= 4 is 22.3 Å². The monoisotopic (exact) mass is 225 g/mol. The SMILES string of the molecule is CNc1scc(C2CCCC2)c1C(=O)O.